The fourth-order valence-corrected chi connectivity index (χ4v) is 5.60. The lowest BCUT2D eigenvalue weighted by Crippen LogP contribution is -2.29. The summed E-state index contributed by atoms with van der Waals surface area (Å²) < 4.78 is 22.6. The number of rotatable bonds is 9. The lowest BCUT2D eigenvalue weighted by molar-refractivity contribution is -0.132. The number of thiazole rings is 1. The van der Waals surface area contributed by atoms with Crippen LogP contribution < -0.4 is 23.8 Å². The van der Waals surface area contributed by atoms with E-state index in [0.29, 0.717) is 51.4 Å². The first-order valence-electron chi connectivity index (χ1n) is 12.6. The van der Waals surface area contributed by atoms with Gasteiger partial charge in [-0.1, -0.05) is 24.3 Å². The highest BCUT2D eigenvalue weighted by molar-refractivity contribution is 7.22. The number of benzene rings is 3. The Morgan fingerprint density at radius 1 is 0.925 bits per heavy atom. The number of ketones is 1. The van der Waals surface area contributed by atoms with E-state index >= 15 is 0 Å². The van der Waals surface area contributed by atoms with Crippen molar-refractivity contribution in [1.29, 1.82) is 0 Å². The highest BCUT2D eigenvalue weighted by Crippen LogP contribution is 2.46. The Balaban J connectivity index is 1.68. The minimum atomic E-state index is -0.974. The van der Waals surface area contributed by atoms with Gasteiger partial charge in [0.15, 0.2) is 16.6 Å². The molecule has 1 aromatic heterocycles. The van der Waals surface area contributed by atoms with Crippen LogP contribution in [0.15, 0.2) is 66.2 Å². The molecule has 1 fully saturated rings. The number of methoxy groups -OCH3 is 3. The van der Waals surface area contributed by atoms with Crippen LogP contribution in [0.5, 0.6) is 23.0 Å². The third kappa shape index (κ3) is 4.82. The Hall–Kier alpha value is -4.57. The number of fused-ring (bicyclic) bond motifs is 1. The first-order chi connectivity index (χ1) is 19.4. The average molecular weight is 561 g/mol. The van der Waals surface area contributed by atoms with Gasteiger partial charge in [-0.2, -0.15) is 0 Å². The van der Waals surface area contributed by atoms with Crippen LogP contribution in [0.1, 0.15) is 30.5 Å². The summed E-state index contributed by atoms with van der Waals surface area (Å²) in [5, 5.41) is 11.8. The zero-order valence-corrected chi connectivity index (χ0v) is 23.3. The van der Waals surface area contributed by atoms with E-state index in [1.807, 2.05) is 13.0 Å². The maximum Gasteiger partial charge on any atom is 0.301 e. The van der Waals surface area contributed by atoms with Crippen molar-refractivity contribution in [2.45, 2.75) is 19.4 Å². The standard InChI is InChI=1S/C30H28N2O7S/c1-5-14-39-19-9-6-17(7-10-19)27(33)25-26(18-8-13-22(37-3)23(15-18)38-4)32(29(35)28(25)34)30-31-21-12-11-20(36-2)16-24(21)40-30/h6-13,15-16,26,33H,5,14H2,1-4H3/b27-25+. The van der Waals surface area contributed by atoms with E-state index in [1.54, 1.807) is 61.7 Å². The van der Waals surface area contributed by atoms with Gasteiger partial charge in [-0.15, -0.1) is 0 Å². The molecule has 1 unspecified atom stereocenters. The maximum absolute atomic E-state index is 13.6. The molecule has 10 heteroatoms. The molecule has 4 aromatic rings. The van der Waals surface area contributed by atoms with Crippen LogP contribution in [0.4, 0.5) is 5.13 Å². The summed E-state index contributed by atoms with van der Waals surface area (Å²) in [7, 11) is 4.59. The van der Waals surface area contributed by atoms with Gasteiger partial charge in [0, 0.05) is 5.56 Å². The van der Waals surface area contributed by atoms with Crippen LogP contribution in [0.25, 0.3) is 16.0 Å². The zero-order valence-electron chi connectivity index (χ0n) is 22.5. The molecule has 0 radical (unpaired) electrons. The summed E-state index contributed by atoms with van der Waals surface area (Å²) in [5.74, 6) is 0.267. The monoisotopic (exact) mass is 560 g/mol. The number of amides is 1. The molecule has 0 aliphatic carbocycles. The van der Waals surface area contributed by atoms with Crippen LogP contribution >= 0.6 is 11.3 Å². The molecule has 1 atom stereocenters. The molecule has 0 saturated carbocycles. The first-order valence-corrected chi connectivity index (χ1v) is 13.4. The Labute approximate surface area is 235 Å². The fourth-order valence-electron chi connectivity index (χ4n) is 4.58. The molecule has 1 aliphatic rings. The summed E-state index contributed by atoms with van der Waals surface area (Å²) in [4.78, 5) is 33.1. The number of hydrogen-bond donors (Lipinski definition) is 1. The Morgan fingerprint density at radius 2 is 1.65 bits per heavy atom. The van der Waals surface area contributed by atoms with Gasteiger partial charge in [-0.25, -0.2) is 4.98 Å². The van der Waals surface area contributed by atoms with Gasteiger partial charge in [0.05, 0.1) is 49.8 Å². The Morgan fingerprint density at radius 3 is 2.33 bits per heavy atom. The number of aliphatic hydroxyl groups is 1. The van der Waals surface area contributed by atoms with E-state index in [-0.39, 0.29) is 11.3 Å². The molecule has 1 saturated heterocycles. The van der Waals surface area contributed by atoms with Gasteiger partial charge in [-0.3, -0.25) is 14.5 Å². The van der Waals surface area contributed by atoms with Gasteiger partial charge in [0.2, 0.25) is 0 Å². The third-order valence-electron chi connectivity index (χ3n) is 6.56. The normalized spacial score (nSPS) is 16.4. The van der Waals surface area contributed by atoms with E-state index in [1.165, 1.54) is 30.5 Å². The molecule has 206 valence electrons. The molecule has 3 aromatic carbocycles. The van der Waals surface area contributed by atoms with Crippen LogP contribution in [0, 0.1) is 0 Å². The minimum Gasteiger partial charge on any atom is -0.507 e. The van der Waals surface area contributed by atoms with Crippen molar-refractivity contribution in [3.8, 4) is 23.0 Å². The largest absolute Gasteiger partial charge is 0.507 e. The molecule has 40 heavy (non-hydrogen) atoms. The van der Waals surface area contributed by atoms with Crippen molar-refractivity contribution in [3.63, 3.8) is 0 Å². The quantitative estimate of drug-likeness (QED) is 0.157. The van der Waals surface area contributed by atoms with Crippen molar-refractivity contribution in [2.75, 3.05) is 32.8 Å². The number of hydrogen-bond acceptors (Lipinski definition) is 9. The molecule has 0 spiro atoms. The topological polar surface area (TPSA) is 107 Å². The minimum absolute atomic E-state index is 0.0590. The number of nitrogens with zero attached hydrogens (tertiary/aromatic N) is 2. The summed E-state index contributed by atoms with van der Waals surface area (Å²) in [6, 6.07) is 16.3. The second kappa shape index (κ2) is 11.3. The third-order valence-corrected chi connectivity index (χ3v) is 7.58. The van der Waals surface area contributed by atoms with Crippen LogP contribution in [0.2, 0.25) is 0 Å². The van der Waals surface area contributed by atoms with Gasteiger partial charge >= 0.3 is 5.91 Å². The number of Topliss-reactive ketones (excluding diaryl/α,β-unsaturated/α-hetero) is 1. The van der Waals surface area contributed by atoms with Gasteiger partial charge in [0.25, 0.3) is 5.78 Å². The summed E-state index contributed by atoms with van der Waals surface area (Å²) in [6.45, 7) is 2.57. The Kier molecular flexibility index (Phi) is 7.61. The number of ether oxygens (including phenoxy) is 4. The lowest BCUT2D eigenvalue weighted by Gasteiger charge is -2.23. The predicted octanol–water partition coefficient (Wildman–Crippen LogP) is 5.74. The summed E-state index contributed by atoms with van der Waals surface area (Å²) in [6.07, 6.45) is 0.856. The van der Waals surface area contributed by atoms with Crippen LogP contribution in [-0.4, -0.2) is 49.7 Å². The summed E-state index contributed by atoms with van der Waals surface area (Å²) >= 11 is 1.25. The maximum atomic E-state index is 13.6. The number of carbonyl (C=O) groups is 2. The second-order valence-electron chi connectivity index (χ2n) is 8.99. The van der Waals surface area contributed by atoms with Crippen molar-refractivity contribution < 1.29 is 33.6 Å². The molecular formula is C30H28N2O7S. The number of carbonyl (C=O) groups excluding carboxylic acids is 2. The summed E-state index contributed by atoms with van der Waals surface area (Å²) in [5.41, 5.74) is 1.51. The number of aromatic nitrogens is 1. The lowest BCUT2D eigenvalue weighted by atomic mass is 9.95. The van der Waals surface area contributed by atoms with E-state index < -0.39 is 17.7 Å². The molecule has 9 nitrogen and oxygen atoms in total. The van der Waals surface area contributed by atoms with E-state index in [2.05, 4.69) is 4.98 Å². The van der Waals surface area contributed by atoms with Gasteiger partial charge in [-0.05, 0) is 66.6 Å². The molecular weight excluding hydrogens is 532 g/mol. The molecule has 2 heterocycles. The Bertz CT molecular complexity index is 1610. The molecule has 1 N–H and O–H groups in total. The highest BCUT2D eigenvalue weighted by Gasteiger charge is 2.48. The molecule has 1 amide bonds. The zero-order chi connectivity index (χ0) is 28.4. The van der Waals surface area contributed by atoms with Crippen molar-refractivity contribution >= 4 is 44.1 Å². The van der Waals surface area contributed by atoms with Crippen molar-refractivity contribution in [1.82, 2.24) is 4.98 Å². The highest BCUT2D eigenvalue weighted by atomic mass is 32.1. The number of anilines is 1. The molecule has 0 bridgehead atoms. The SMILES string of the molecule is CCCOc1ccc(/C(O)=C2\C(=O)C(=O)N(c3nc4ccc(OC)cc4s3)C2c2ccc(OC)c(OC)c2)cc1. The molecule has 1 aliphatic heterocycles. The van der Waals surface area contributed by atoms with Gasteiger partial charge in [0.1, 0.15) is 17.3 Å². The first kappa shape index (κ1) is 27.0. The average Bonchev–Trinajstić information content (AvgIpc) is 3.52. The molecule has 5 rings (SSSR count). The van der Waals surface area contributed by atoms with E-state index in [9.17, 15) is 14.7 Å². The van der Waals surface area contributed by atoms with Gasteiger partial charge < -0.3 is 24.1 Å². The van der Waals surface area contributed by atoms with E-state index in [4.69, 9.17) is 18.9 Å². The van der Waals surface area contributed by atoms with Crippen LogP contribution in [-0.2, 0) is 9.59 Å². The fraction of sp³-hybridized carbons (Fsp3) is 0.233. The number of aliphatic hydroxyl groups excluding tert-OH is 1. The van der Waals surface area contributed by atoms with E-state index in [0.717, 1.165) is 11.1 Å². The predicted molar refractivity (Wildman–Crippen MR) is 153 cm³/mol. The van der Waals surface area contributed by atoms with Crippen molar-refractivity contribution in [2.24, 2.45) is 0 Å². The second-order valence-corrected chi connectivity index (χ2v) is 10.00. The smallest absolute Gasteiger partial charge is 0.301 e. The van der Waals surface area contributed by atoms with Crippen LogP contribution in [0.3, 0.4) is 0 Å². The van der Waals surface area contributed by atoms with Crippen molar-refractivity contribution in [3.05, 3.63) is 77.4 Å².